The van der Waals surface area contributed by atoms with E-state index in [-0.39, 0.29) is 31.1 Å². The highest BCUT2D eigenvalue weighted by Gasteiger charge is 2.63. The number of ether oxygens (including phenoxy) is 1. The molecular weight excluding hydrogens is 435 g/mol. The summed E-state index contributed by atoms with van der Waals surface area (Å²) in [5.74, 6) is -0.839. The van der Waals surface area contributed by atoms with Gasteiger partial charge in [-0.05, 0) is 64.2 Å². The predicted octanol–water partition coefficient (Wildman–Crippen LogP) is 3.61. The number of nitrogens with zero attached hydrogens (tertiary/aromatic N) is 1. The molecule has 4 aliphatic rings. The largest absolute Gasteiger partial charge is 0.480 e. The minimum Gasteiger partial charge on any atom is -0.459 e. The third kappa shape index (κ3) is 3.80. The fraction of sp³-hybridized carbons (Fsp3) is 0.941. The summed E-state index contributed by atoms with van der Waals surface area (Å²) in [7, 11) is -11.2. The van der Waals surface area contributed by atoms with Crippen LogP contribution in [0.4, 0.5) is 13.2 Å². The van der Waals surface area contributed by atoms with Gasteiger partial charge in [0.25, 0.3) is 0 Å². The Balaban J connectivity index is 1.94. The van der Waals surface area contributed by atoms with Crippen LogP contribution in [0.25, 0.3) is 4.13 Å². The zero-order valence-corrected chi connectivity index (χ0v) is 18.1. The molecule has 0 aromatic carbocycles. The molecule has 0 N–H and O–H groups in total. The van der Waals surface area contributed by atoms with Gasteiger partial charge in [-0.15, -0.1) is 0 Å². The van der Waals surface area contributed by atoms with Gasteiger partial charge in [0.05, 0.1) is 20.2 Å². The third-order valence-electron chi connectivity index (χ3n) is 6.74. The Hall–Kier alpha value is -0.880. The summed E-state index contributed by atoms with van der Waals surface area (Å²) in [6.07, 6.45) is 1.86. The second kappa shape index (κ2) is 6.56. The van der Waals surface area contributed by atoms with Gasteiger partial charge in [-0.25, -0.2) is 16.8 Å². The molecule has 0 spiro atoms. The normalized spacial score (nSPS) is 35.0. The lowest BCUT2D eigenvalue weighted by Crippen LogP contribution is -2.63. The van der Waals surface area contributed by atoms with Crippen molar-refractivity contribution in [2.24, 2.45) is 17.3 Å². The first-order valence-corrected chi connectivity index (χ1v) is 12.4. The number of rotatable bonds is 6. The highest BCUT2D eigenvalue weighted by atomic mass is 32.3. The minimum absolute atomic E-state index is 0.0270. The van der Waals surface area contributed by atoms with E-state index in [1.54, 1.807) is 13.8 Å². The Morgan fingerprint density at radius 3 is 2.03 bits per heavy atom. The Morgan fingerprint density at radius 2 is 1.59 bits per heavy atom. The number of sulfonamides is 2. The van der Waals surface area contributed by atoms with Crippen molar-refractivity contribution < 1.29 is 39.5 Å². The van der Waals surface area contributed by atoms with Crippen LogP contribution < -0.4 is 0 Å². The number of esters is 1. The Labute approximate surface area is 168 Å². The summed E-state index contributed by atoms with van der Waals surface area (Å²) >= 11 is 0. The van der Waals surface area contributed by atoms with E-state index < -0.39 is 47.3 Å². The van der Waals surface area contributed by atoms with Crippen molar-refractivity contribution in [2.45, 2.75) is 81.6 Å². The molecule has 0 aromatic heterocycles. The van der Waals surface area contributed by atoms with Crippen LogP contribution in [0.5, 0.6) is 0 Å². The maximum atomic E-state index is 12.8. The molecule has 0 amide bonds. The molecule has 2 atom stereocenters. The number of carbonyl (C=O) groups excluding carboxylic acids is 1. The van der Waals surface area contributed by atoms with Gasteiger partial charge in [-0.2, -0.15) is 13.2 Å². The van der Waals surface area contributed by atoms with Crippen LogP contribution in [-0.2, 0) is 29.6 Å². The Morgan fingerprint density at radius 1 is 1.07 bits per heavy atom. The first-order chi connectivity index (χ1) is 13.0. The molecule has 4 fully saturated rings. The van der Waals surface area contributed by atoms with Gasteiger partial charge in [0.1, 0.15) is 5.60 Å². The highest BCUT2D eigenvalue weighted by Crippen LogP contribution is 2.62. The lowest BCUT2D eigenvalue weighted by Gasteiger charge is -2.62. The SMILES string of the molecule is CCC(C)(C)C(=O)OC12CC3CC(C1)CC(S(=O)(=O)[N-]S(=O)(=O)C(F)(F)F)(C3)C2. The molecule has 0 saturated heterocycles. The standard InChI is InChI=1S/C17H25F3NO6S2/c1-4-14(2,3)13(22)27-15-6-11-5-12(7-15)9-16(8-11,10-15)28(23,24)21-29(25,26)17(18,19)20/h11-12H,4-10H2,1-3H3/q-1. The predicted molar refractivity (Wildman–Crippen MR) is 97.6 cm³/mol. The maximum absolute atomic E-state index is 12.8. The molecule has 0 aliphatic heterocycles. The first-order valence-electron chi connectivity index (χ1n) is 9.50. The Bertz CT molecular complexity index is 896. The number of halogens is 3. The second-order valence-electron chi connectivity index (χ2n) is 9.42. The number of alkyl halides is 3. The second-order valence-corrected chi connectivity index (χ2v) is 13.2. The molecule has 0 heterocycles. The fourth-order valence-electron chi connectivity index (χ4n) is 5.25. The topological polar surface area (TPSA) is 109 Å². The van der Waals surface area contributed by atoms with Crippen LogP contribution in [-0.4, -0.2) is 38.7 Å². The molecule has 12 heteroatoms. The molecule has 29 heavy (non-hydrogen) atoms. The molecule has 2 unspecified atom stereocenters. The molecular formula is C17H25F3NO6S2-. The summed E-state index contributed by atoms with van der Waals surface area (Å²) in [6.45, 7) is 5.22. The molecule has 7 nitrogen and oxygen atoms in total. The van der Waals surface area contributed by atoms with Crippen LogP contribution in [0.2, 0.25) is 0 Å². The van der Waals surface area contributed by atoms with Gasteiger partial charge in [-0.3, -0.25) is 4.79 Å². The van der Waals surface area contributed by atoms with E-state index in [0.29, 0.717) is 25.7 Å². The summed E-state index contributed by atoms with van der Waals surface area (Å²) in [5.41, 5.74) is -7.70. The van der Waals surface area contributed by atoms with E-state index in [1.165, 1.54) is 0 Å². The van der Waals surface area contributed by atoms with E-state index in [2.05, 4.69) is 4.13 Å². The molecule has 4 aliphatic carbocycles. The van der Waals surface area contributed by atoms with Crippen molar-refractivity contribution >= 4 is 26.0 Å². The monoisotopic (exact) mass is 460 g/mol. The summed E-state index contributed by atoms with van der Waals surface area (Å²) in [6, 6.07) is 0. The van der Waals surface area contributed by atoms with Crippen molar-refractivity contribution in [1.82, 2.24) is 0 Å². The van der Waals surface area contributed by atoms with Gasteiger partial charge in [0.15, 0.2) is 10.0 Å². The van der Waals surface area contributed by atoms with E-state index in [9.17, 15) is 34.8 Å². The summed E-state index contributed by atoms with van der Waals surface area (Å²) in [5, 5.41) is 0. The summed E-state index contributed by atoms with van der Waals surface area (Å²) in [4.78, 5) is 12.7. The zero-order valence-electron chi connectivity index (χ0n) is 16.5. The quantitative estimate of drug-likeness (QED) is 0.560. The molecule has 4 saturated carbocycles. The van der Waals surface area contributed by atoms with E-state index >= 15 is 0 Å². The van der Waals surface area contributed by atoms with E-state index in [4.69, 9.17) is 4.74 Å². The van der Waals surface area contributed by atoms with Gasteiger partial charge in [0.2, 0.25) is 0 Å². The van der Waals surface area contributed by atoms with Gasteiger partial charge < -0.3 is 8.86 Å². The average Bonchev–Trinajstić information content (AvgIpc) is 2.50. The van der Waals surface area contributed by atoms with Crippen LogP contribution in [0.15, 0.2) is 0 Å². The van der Waals surface area contributed by atoms with Crippen LogP contribution >= 0.6 is 0 Å². The smallest absolute Gasteiger partial charge is 0.459 e. The van der Waals surface area contributed by atoms with E-state index in [0.717, 1.165) is 0 Å². The van der Waals surface area contributed by atoms with Crippen LogP contribution in [0.1, 0.15) is 65.7 Å². The number of hydrogen-bond acceptors (Lipinski definition) is 6. The molecule has 4 rings (SSSR count). The molecule has 4 bridgehead atoms. The lowest BCUT2D eigenvalue weighted by molar-refractivity contribution is -0.193. The lowest BCUT2D eigenvalue weighted by atomic mass is 9.53. The van der Waals surface area contributed by atoms with Crippen molar-refractivity contribution in [2.75, 3.05) is 0 Å². The highest BCUT2D eigenvalue weighted by molar-refractivity contribution is 8.13. The fourth-order valence-corrected chi connectivity index (χ4v) is 8.59. The van der Waals surface area contributed by atoms with Gasteiger partial charge in [-0.1, -0.05) is 6.92 Å². The molecule has 0 aromatic rings. The first kappa shape index (κ1) is 22.8. The van der Waals surface area contributed by atoms with Crippen LogP contribution in [0, 0.1) is 17.3 Å². The van der Waals surface area contributed by atoms with Crippen molar-refractivity contribution in [1.29, 1.82) is 0 Å². The van der Waals surface area contributed by atoms with Crippen molar-refractivity contribution in [3.63, 3.8) is 0 Å². The number of hydrogen-bond donors (Lipinski definition) is 0. The van der Waals surface area contributed by atoms with Gasteiger partial charge >= 0.3 is 11.5 Å². The minimum atomic E-state index is -6.19. The zero-order chi connectivity index (χ0) is 22.1. The van der Waals surface area contributed by atoms with Crippen molar-refractivity contribution in [3.8, 4) is 0 Å². The molecule has 168 valence electrons. The summed E-state index contributed by atoms with van der Waals surface area (Å²) < 4.78 is 93.2. The van der Waals surface area contributed by atoms with E-state index in [1.807, 2.05) is 6.92 Å². The van der Waals surface area contributed by atoms with Crippen molar-refractivity contribution in [3.05, 3.63) is 4.13 Å². The number of carbonyl (C=O) groups is 1. The van der Waals surface area contributed by atoms with Crippen LogP contribution in [0.3, 0.4) is 0 Å². The average molecular weight is 461 g/mol. The maximum Gasteiger partial charge on any atom is 0.480 e. The third-order valence-corrected chi connectivity index (χ3v) is 10.5. The Kier molecular flexibility index (Phi) is 5.15. The van der Waals surface area contributed by atoms with Gasteiger partial charge in [0, 0.05) is 6.42 Å². The molecule has 0 radical (unpaired) electrons.